The number of hydrogen-bond acceptors (Lipinski definition) is 3. The van der Waals surface area contributed by atoms with Crippen molar-refractivity contribution in [3.8, 4) is 0 Å². The van der Waals surface area contributed by atoms with Gasteiger partial charge in [-0.25, -0.2) is 0 Å². The van der Waals surface area contributed by atoms with E-state index in [-0.39, 0.29) is 18.0 Å². The Hall–Kier alpha value is -1.94. The number of hydrogen-bond donors (Lipinski definition) is 2. The van der Waals surface area contributed by atoms with Gasteiger partial charge in [0, 0.05) is 6.08 Å². The van der Waals surface area contributed by atoms with E-state index < -0.39 is 0 Å². The Kier molecular flexibility index (Phi) is 6.99. The summed E-state index contributed by atoms with van der Waals surface area (Å²) in [5, 5.41) is 2.34. The molecule has 1 aliphatic heterocycles. The van der Waals surface area contributed by atoms with E-state index in [2.05, 4.69) is 25.2 Å². The van der Waals surface area contributed by atoms with Gasteiger partial charge in [-0.3, -0.25) is 14.9 Å². The Balaban J connectivity index is 0.00000242. The van der Waals surface area contributed by atoms with Crippen LogP contribution in [0.5, 0.6) is 0 Å². The molecule has 1 aromatic rings. The van der Waals surface area contributed by atoms with E-state index in [1.54, 1.807) is 0 Å². The highest BCUT2D eigenvalue weighted by Crippen LogP contribution is 2.27. The molecule has 4 N–H and O–H groups in total. The minimum Gasteiger partial charge on any atom is -0.344 e. The Labute approximate surface area is 132 Å². The van der Waals surface area contributed by atoms with Crippen LogP contribution in [0.2, 0.25) is 0 Å². The van der Waals surface area contributed by atoms with E-state index in [4.69, 9.17) is 0 Å². The van der Waals surface area contributed by atoms with Crippen molar-refractivity contribution in [2.24, 2.45) is 0 Å². The second-order valence-corrected chi connectivity index (χ2v) is 5.53. The molecule has 0 radical (unpaired) electrons. The third-order valence-corrected chi connectivity index (χ3v) is 3.90. The average Bonchev–Trinajstić information content (AvgIpc) is 2.81. The first-order chi connectivity index (χ1) is 10.2. The number of carbonyl (C=O) groups is 2. The maximum absolute atomic E-state index is 11.9. The molecule has 1 aromatic carbocycles. The van der Waals surface area contributed by atoms with Crippen LogP contribution in [-0.4, -0.2) is 11.8 Å². The Bertz CT molecular complexity index is 576. The Morgan fingerprint density at radius 1 is 1.00 bits per heavy atom. The van der Waals surface area contributed by atoms with Crippen molar-refractivity contribution in [1.29, 1.82) is 0 Å². The summed E-state index contributed by atoms with van der Waals surface area (Å²) < 4.78 is 0. The zero-order valence-electron chi connectivity index (χ0n) is 13.6. The van der Waals surface area contributed by atoms with Crippen LogP contribution in [-0.2, 0) is 22.4 Å². The molecule has 0 aliphatic carbocycles. The lowest BCUT2D eigenvalue weighted by molar-refractivity contribution is -0.123. The van der Waals surface area contributed by atoms with Gasteiger partial charge in [0.1, 0.15) is 0 Å². The van der Waals surface area contributed by atoms with Crippen LogP contribution < -0.4 is 11.5 Å². The predicted octanol–water partition coefficient (Wildman–Crippen LogP) is 3.57. The Morgan fingerprint density at radius 3 is 2.27 bits per heavy atom. The molecular formula is C18H26N2O2. The highest BCUT2D eigenvalue weighted by atomic mass is 16.2. The molecule has 0 aromatic heterocycles. The minimum atomic E-state index is -0.310. The SMILES string of the molecule is CCCCc1cccc(C2=CC(=O)NC2=O)c1CCCC.N. The van der Waals surface area contributed by atoms with Crippen molar-refractivity contribution in [3.05, 3.63) is 41.0 Å². The van der Waals surface area contributed by atoms with E-state index in [0.717, 1.165) is 44.1 Å². The molecule has 22 heavy (non-hydrogen) atoms. The first-order valence-corrected chi connectivity index (χ1v) is 7.85. The highest BCUT2D eigenvalue weighted by Gasteiger charge is 2.24. The molecule has 0 unspecified atom stereocenters. The largest absolute Gasteiger partial charge is 0.344 e. The highest BCUT2D eigenvalue weighted by molar-refractivity contribution is 6.33. The number of nitrogens with one attached hydrogen (secondary N) is 1. The van der Waals surface area contributed by atoms with Gasteiger partial charge in [-0.15, -0.1) is 0 Å². The quantitative estimate of drug-likeness (QED) is 0.755. The number of carbonyl (C=O) groups excluding carboxylic acids is 2. The molecule has 120 valence electrons. The molecule has 0 spiro atoms. The summed E-state index contributed by atoms with van der Waals surface area (Å²) in [6.07, 6.45) is 7.93. The normalized spacial score (nSPS) is 13.6. The van der Waals surface area contributed by atoms with Gasteiger partial charge in [0.05, 0.1) is 5.57 Å². The molecule has 4 nitrogen and oxygen atoms in total. The Morgan fingerprint density at radius 2 is 1.68 bits per heavy atom. The standard InChI is InChI=1S/C18H23NO2.H3N/c1-3-5-8-13-9-7-11-15(14(13)10-6-4-2)16-12-17(20)19-18(16)21;/h7,9,11-12H,3-6,8,10H2,1-2H3,(H,19,20,21);1H3. The zero-order chi connectivity index (χ0) is 15.2. The number of aryl methyl sites for hydroxylation is 1. The van der Waals surface area contributed by atoms with Gasteiger partial charge < -0.3 is 6.15 Å². The average molecular weight is 302 g/mol. The predicted molar refractivity (Wildman–Crippen MR) is 89.8 cm³/mol. The van der Waals surface area contributed by atoms with Crippen molar-refractivity contribution >= 4 is 17.4 Å². The minimum absolute atomic E-state index is 0. The number of benzene rings is 1. The van der Waals surface area contributed by atoms with E-state index in [9.17, 15) is 9.59 Å². The van der Waals surface area contributed by atoms with Gasteiger partial charge in [-0.05, 0) is 42.4 Å². The third kappa shape index (κ3) is 4.04. The lowest BCUT2D eigenvalue weighted by atomic mass is 9.90. The molecule has 4 heteroatoms. The second-order valence-electron chi connectivity index (χ2n) is 5.53. The van der Waals surface area contributed by atoms with Crippen molar-refractivity contribution < 1.29 is 9.59 Å². The second kappa shape index (κ2) is 8.49. The number of imide groups is 1. The van der Waals surface area contributed by atoms with Crippen molar-refractivity contribution in [2.75, 3.05) is 0 Å². The van der Waals surface area contributed by atoms with Crippen LogP contribution in [0, 0.1) is 0 Å². The van der Waals surface area contributed by atoms with Gasteiger partial charge in [0.15, 0.2) is 0 Å². The first-order valence-electron chi connectivity index (χ1n) is 7.85. The van der Waals surface area contributed by atoms with Crippen LogP contribution >= 0.6 is 0 Å². The van der Waals surface area contributed by atoms with E-state index >= 15 is 0 Å². The van der Waals surface area contributed by atoms with Crippen LogP contribution in [0.3, 0.4) is 0 Å². The summed E-state index contributed by atoms with van der Waals surface area (Å²) in [7, 11) is 0. The molecule has 0 saturated carbocycles. The van der Waals surface area contributed by atoms with E-state index in [0.29, 0.717) is 5.57 Å². The molecule has 0 bridgehead atoms. The number of unbranched alkanes of at least 4 members (excludes halogenated alkanes) is 2. The van der Waals surface area contributed by atoms with Gasteiger partial charge in [0.2, 0.25) is 0 Å². The van der Waals surface area contributed by atoms with Crippen LogP contribution in [0.1, 0.15) is 56.2 Å². The molecule has 2 rings (SSSR count). The summed E-state index contributed by atoms with van der Waals surface area (Å²) in [6.45, 7) is 4.35. The number of rotatable bonds is 7. The van der Waals surface area contributed by atoms with E-state index in [1.807, 2.05) is 12.1 Å². The van der Waals surface area contributed by atoms with Gasteiger partial charge in [0.25, 0.3) is 11.8 Å². The maximum Gasteiger partial charge on any atom is 0.258 e. The molecule has 0 fully saturated rings. The molecule has 0 atom stereocenters. The van der Waals surface area contributed by atoms with E-state index in [1.165, 1.54) is 17.2 Å². The van der Waals surface area contributed by atoms with Crippen molar-refractivity contribution in [3.63, 3.8) is 0 Å². The fraction of sp³-hybridized carbons (Fsp3) is 0.444. The van der Waals surface area contributed by atoms with Gasteiger partial charge in [-0.2, -0.15) is 0 Å². The summed E-state index contributed by atoms with van der Waals surface area (Å²) in [5.74, 6) is -0.583. The van der Waals surface area contributed by atoms with Crippen LogP contribution in [0.15, 0.2) is 24.3 Å². The lowest BCUT2D eigenvalue weighted by Crippen LogP contribution is -2.22. The summed E-state index contributed by atoms with van der Waals surface area (Å²) in [5.41, 5.74) is 4.00. The smallest absolute Gasteiger partial charge is 0.258 e. The van der Waals surface area contributed by atoms with Crippen LogP contribution in [0.4, 0.5) is 0 Å². The third-order valence-electron chi connectivity index (χ3n) is 3.90. The van der Waals surface area contributed by atoms with Crippen molar-refractivity contribution in [1.82, 2.24) is 11.5 Å². The van der Waals surface area contributed by atoms with Gasteiger partial charge in [-0.1, -0.05) is 44.9 Å². The monoisotopic (exact) mass is 302 g/mol. The zero-order valence-corrected chi connectivity index (χ0v) is 13.6. The molecule has 1 aliphatic rings. The fourth-order valence-corrected chi connectivity index (χ4v) is 2.75. The summed E-state index contributed by atoms with van der Waals surface area (Å²) in [6, 6.07) is 6.11. The first kappa shape index (κ1) is 18.1. The molecule has 1 heterocycles. The molecule has 2 amide bonds. The fourth-order valence-electron chi connectivity index (χ4n) is 2.75. The van der Waals surface area contributed by atoms with Gasteiger partial charge >= 0.3 is 0 Å². The van der Waals surface area contributed by atoms with Crippen LogP contribution in [0.25, 0.3) is 5.57 Å². The summed E-state index contributed by atoms with van der Waals surface area (Å²) in [4.78, 5) is 23.3. The lowest BCUT2D eigenvalue weighted by Gasteiger charge is -2.15. The topological polar surface area (TPSA) is 81.2 Å². The molecular weight excluding hydrogens is 276 g/mol. The maximum atomic E-state index is 11.9. The molecule has 0 saturated heterocycles. The van der Waals surface area contributed by atoms with Crippen molar-refractivity contribution in [2.45, 2.75) is 52.4 Å². The number of amides is 2. The summed E-state index contributed by atoms with van der Waals surface area (Å²) >= 11 is 0.